The lowest BCUT2D eigenvalue weighted by molar-refractivity contribution is 0.0240. The summed E-state index contributed by atoms with van der Waals surface area (Å²) in [4.78, 5) is 16.3. The minimum absolute atomic E-state index is 0.229. The first-order valence-electron chi connectivity index (χ1n) is 8.89. The fraction of sp³-hybridized carbons (Fsp3) is 0.550. The maximum Gasteiger partial charge on any atom is 0.410 e. The molecule has 0 atom stereocenters. The first kappa shape index (κ1) is 17.6. The quantitative estimate of drug-likeness (QED) is 0.774. The van der Waals surface area contributed by atoms with Gasteiger partial charge in [0.25, 0.3) is 0 Å². The van der Waals surface area contributed by atoms with Gasteiger partial charge in [0.2, 0.25) is 0 Å². The van der Waals surface area contributed by atoms with Gasteiger partial charge in [-0.05, 0) is 58.9 Å². The standard InChI is InChI=1S/C20H28N2O3/c1-19(2,3)25-18(23)22-13-11-21(12-14-22)16-7-6-8-17-15(16)9-10-20(4,5)24-17/h6-10H,11-14H2,1-5H3. The Morgan fingerprint density at radius 2 is 1.84 bits per heavy atom. The Balaban J connectivity index is 1.69. The van der Waals surface area contributed by atoms with Crippen LogP contribution < -0.4 is 9.64 Å². The Labute approximate surface area is 150 Å². The average Bonchev–Trinajstić information content (AvgIpc) is 2.51. The van der Waals surface area contributed by atoms with Crippen LogP contribution >= 0.6 is 0 Å². The minimum Gasteiger partial charge on any atom is -0.483 e. The zero-order valence-electron chi connectivity index (χ0n) is 15.8. The summed E-state index contributed by atoms with van der Waals surface area (Å²) in [6.07, 6.45) is 4.01. The van der Waals surface area contributed by atoms with Crippen molar-refractivity contribution in [3.05, 3.63) is 29.8 Å². The van der Waals surface area contributed by atoms with Crippen LogP contribution in [-0.2, 0) is 4.74 Å². The van der Waals surface area contributed by atoms with E-state index in [1.807, 2.05) is 32.9 Å². The molecule has 1 amide bonds. The molecule has 0 aromatic heterocycles. The molecular weight excluding hydrogens is 316 g/mol. The van der Waals surface area contributed by atoms with Gasteiger partial charge in [0.1, 0.15) is 17.0 Å². The summed E-state index contributed by atoms with van der Waals surface area (Å²) in [6.45, 7) is 12.7. The van der Waals surface area contributed by atoms with E-state index in [9.17, 15) is 4.79 Å². The Morgan fingerprint density at radius 1 is 1.16 bits per heavy atom. The molecule has 2 heterocycles. The Morgan fingerprint density at radius 3 is 2.48 bits per heavy atom. The Kier molecular flexibility index (Phi) is 4.43. The lowest BCUT2D eigenvalue weighted by atomic mass is 10.0. The monoisotopic (exact) mass is 344 g/mol. The lowest BCUT2D eigenvalue weighted by Crippen LogP contribution is -2.50. The topological polar surface area (TPSA) is 42.0 Å². The van der Waals surface area contributed by atoms with E-state index >= 15 is 0 Å². The number of hydrogen-bond acceptors (Lipinski definition) is 4. The van der Waals surface area contributed by atoms with Crippen molar-refractivity contribution in [1.82, 2.24) is 4.90 Å². The molecule has 3 rings (SSSR count). The van der Waals surface area contributed by atoms with E-state index in [1.165, 1.54) is 0 Å². The molecule has 136 valence electrons. The third-order valence-electron chi connectivity index (χ3n) is 4.34. The van der Waals surface area contributed by atoms with E-state index in [-0.39, 0.29) is 11.7 Å². The smallest absolute Gasteiger partial charge is 0.410 e. The second kappa shape index (κ2) is 6.28. The molecule has 1 aromatic carbocycles. The Hall–Kier alpha value is -2.17. The fourth-order valence-corrected chi connectivity index (χ4v) is 3.12. The number of ether oxygens (including phenoxy) is 2. The van der Waals surface area contributed by atoms with Gasteiger partial charge in [0.05, 0.1) is 0 Å². The number of piperazine rings is 1. The van der Waals surface area contributed by atoms with Crippen molar-refractivity contribution in [1.29, 1.82) is 0 Å². The highest BCUT2D eigenvalue weighted by Crippen LogP contribution is 2.37. The van der Waals surface area contributed by atoms with Crippen molar-refractivity contribution in [2.24, 2.45) is 0 Å². The van der Waals surface area contributed by atoms with Crippen molar-refractivity contribution >= 4 is 17.9 Å². The SMILES string of the molecule is CC(C)(C)OC(=O)N1CCN(c2cccc3c2C=CC(C)(C)O3)CC1. The largest absolute Gasteiger partial charge is 0.483 e. The van der Waals surface area contributed by atoms with Crippen LogP contribution in [0.5, 0.6) is 5.75 Å². The molecule has 0 aliphatic carbocycles. The number of anilines is 1. The molecular formula is C20H28N2O3. The fourth-order valence-electron chi connectivity index (χ4n) is 3.12. The number of amides is 1. The number of rotatable bonds is 1. The highest BCUT2D eigenvalue weighted by molar-refractivity contribution is 5.75. The van der Waals surface area contributed by atoms with Crippen LogP contribution in [0.2, 0.25) is 0 Å². The maximum absolute atomic E-state index is 12.2. The van der Waals surface area contributed by atoms with Gasteiger partial charge in [0.15, 0.2) is 0 Å². The molecule has 0 saturated carbocycles. The molecule has 0 radical (unpaired) electrons. The van der Waals surface area contributed by atoms with Gasteiger partial charge < -0.3 is 19.3 Å². The third-order valence-corrected chi connectivity index (χ3v) is 4.34. The van der Waals surface area contributed by atoms with E-state index in [1.54, 1.807) is 4.90 Å². The minimum atomic E-state index is -0.457. The van der Waals surface area contributed by atoms with Gasteiger partial charge in [-0.1, -0.05) is 6.07 Å². The average molecular weight is 344 g/mol. The molecule has 2 aliphatic heterocycles. The molecule has 0 unspecified atom stereocenters. The van der Waals surface area contributed by atoms with Crippen molar-refractivity contribution in [3.63, 3.8) is 0 Å². The second-order valence-corrected chi connectivity index (χ2v) is 8.18. The number of carbonyl (C=O) groups is 1. The summed E-state index contributed by atoms with van der Waals surface area (Å²) in [5.74, 6) is 0.916. The number of hydrogen-bond donors (Lipinski definition) is 0. The molecule has 5 heteroatoms. The summed E-state index contributed by atoms with van der Waals surface area (Å²) < 4.78 is 11.5. The zero-order chi connectivity index (χ0) is 18.2. The third kappa shape index (κ3) is 4.09. The van der Waals surface area contributed by atoms with Crippen LogP contribution in [0.1, 0.15) is 40.2 Å². The van der Waals surface area contributed by atoms with Gasteiger partial charge in [0, 0.05) is 37.4 Å². The first-order valence-corrected chi connectivity index (χ1v) is 8.89. The number of nitrogens with zero attached hydrogens (tertiary/aromatic N) is 2. The van der Waals surface area contributed by atoms with Gasteiger partial charge in [-0.15, -0.1) is 0 Å². The predicted octanol–water partition coefficient (Wildman–Crippen LogP) is 3.93. The highest BCUT2D eigenvalue weighted by Gasteiger charge is 2.28. The Bertz CT molecular complexity index is 681. The molecule has 1 saturated heterocycles. The van der Waals surface area contributed by atoms with Crippen molar-refractivity contribution in [2.45, 2.75) is 45.8 Å². The van der Waals surface area contributed by atoms with Crippen molar-refractivity contribution in [3.8, 4) is 5.75 Å². The molecule has 0 spiro atoms. The van der Waals surface area contributed by atoms with Crippen LogP contribution in [-0.4, -0.2) is 48.4 Å². The van der Waals surface area contributed by atoms with Crippen LogP contribution in [0.4, 0.5) is 10.5 Å². The first-order chi connectivity index (χ1) is 11.6. The van der Waals surface area contributed by atoms with E-state index < -0.39 is 5.60 Å². The summed E-state index contributed by atoms with van der Waals surface area (Å²) in [5, 5.41) is 0. The van der Waals surface area contributed by atoms with Crippen LogP contribution in [0.3, 0.4) is 0 Å². The van der Waals surface area contributed by atoms with Crippen LogP contribution in [0.25, 0.3) is 6.08 Å². The number of carbonyl (C=O) groups excluding carboxylic acids is 1. The van der Waals surface area contributed by atoms with E-state index in [2.05, 4.69) is 37.0 Å². The maximum atomic E-state index is 12.2. The van der Waals surface area contributed by atoms with E-state index in [4.69, 9.17) is 9.47 Å². The molecule has 1 fully saturated rings. The van der Waals surface area contributed by atoms with Gasteiger partial charge in [-0.25, -0.2) is 4.79 Å². The molecule has 0 N–H and O–H groups in total. The normalized spacial score (nSPS) is 19.2. The molecule has 0 bridgehead atoms. The zero-order valence-corrected chi connectivity index (χ0v) is 15.8. The van der Waals surface area contributed by atoms with E-state index in [0.29, 0.717) is 13.1 Å². The molecule has 1 aromatic rings. The second-order valence-electron chi connectivity index (χ2n) is 8.18. The van der Waals surface area contributed by atoms with Gasteiger partial charge in [-0.2, -0.15) is 0 Å². The number of fused-ring (bicyclic) bond motifs is 1. The predicted molar refractivity (Wildman–Crippen MR) is 100 cm³/mol. The van der Waals surface area contributed by atoms with Crippen molar-refractivity contribution in [2.75, 3.05) is 31.1 Å². The lowest BCUT2D eigenvalue weighted by Gasteiger charge is -2.38. The van der Waals surface area contributed by atoms with Gasteiger partial charge >= 0.3 is 6.09 Å². The molecule has 2 aliphatic rings. The van der Waals surface area contributed by atoms with Gasteiger partial charge in [-0.3, -0.25) is 0 Å². The van der Waals surface area contributed by atoms with Crippen LogP contribution in [0, 0.1) is 0 Å². The van der Waals surface area contributed by atoms with E-state index in [0.717, 1.165) is 30.1 Å². The molecule has 5 nitrogen and oxygen atoms in total. The highest BCUT2D eigenvalue weighted by atomic mass is 16.6. The summed E-state index contributed by atoms with van der Waals surface area (Å²) in [5.41, 5.74) is 1.54. The van der Waals surface area contributed by atoms with Crippen LogP contribution in [0.15, 0.2) is 24.3 Å². The number of benzene rings is 1. The summed E-state index contributed by atoms with van der Waals surface area (Å²) >= 11 is 0. The summed E-state index contributed by atoms with van der Waals surface area (Å²) in [7, 11) is 0. The molecule has 25 heavy (non-hydrogen) atoms. The van der Waals surface area contributed by atoms with Crippen molar-refractivity contribution < 1.29 is 14.3 Å². The summed E-state index contributed by atoms with van der Waals surface area (Å²) in [6, 6.07) is 6.17.